The summed E-state index contributed by atoms with van der Waals surface area (Å²) in [6.07, 6.45) is 0. The third-order valence-electron chi connectivity index (χ3n) is 3.53. The smallest absolute Gasteiger partial charge is 0.269 e. The predicted molar refractivity (Wildman–Crippen MR) is 95.1 cm³/mol. The van der Waals surface area contributed by atoms with Crippen LogP contribution in [0.15, 0.2) is 42.5 Å². The van der Waals surface area contributed by atoms with Gasteiger partial charge in [0.1, 0.15) is 11.6 Å². The zero-order chi connectivity index (χ0) is 20.0. The highest BCUT2D eigenvalue weighted by atomic mass is 19.1. The number of carbonyl (C=O) groups excluding carboxylic acids is 3. The van der Waals surface area contributed by atoms with Crippen LogP contribution in [-0.2, 0) is 4.79 Å². The van der Waals surface area contributed by atoms with E-state index in [0.29, 0.717) is 11.6 Å². The van der Waals surface area contributed by atoms with Crippen molar-refractivity contribution in [2.45, 2.75) is 0 Å². The van der Waals surface area contributed by atoms with Crippen LogP contribution in [0, 0.1) is 11.6 Å². The average Bonchev–Trinajstić information content (AvgIpc) is 2.64. The molecule has 0 spiro atoms. The minimum absolute atomic E-state index is 0.332. The number of nitrogens with zero attached hydrogens (tertiary/aromatic N) is 1. The second kappa shape index (κ2) is 8.75. The first-order valence-electron chi connectivity index (χ1n) is 7.87. The van der Waals surface area contributed by atoms with Crippen LogP contribution in [0.1, 0.15) is 20.7 Å². The molecule has 2 aromatic rings. The highest BCUT2D eigenvalue weighted by molar-refractivity contribution is 5.98. The van der Waals surface area contributed by atoms with E-state index in [0.717, 1.165) is 17.8 Å². The van der Waals surface area contributed by atoms with Crippen LogP contribution in [0.25, 0.3) is 0 Å². The zero-order valence-electron chi connectivity index (χ0n) is 14.7. The van der Waals surface area contributed by atoms with Crippen molar-refractivity contribution in [2.24, 2.45) is 0 Å². The lowest BCUT2D eigenvalue weighted by Gasteiger charge is -2.13. The van der Waals surface area contributed by atoms with Crippen LogP contribution in [0.4, 0.5) is 14.5 Å². The van der Waals surface area contributed by atoms with Gasteiger partial charge in [0, 0.05) is 31.4 Å². The van der Waals surface area contributed by atoms with Gasteiger partial charge in [0.05, 0.1) is 12.1 Å². The molecule has 3 amide bonds. The first-order chi connectivity index (χ1) is 12.8. The molecule has 0 saturated carbocycles. The van der Waals surface area contributed by atoms with E-state index in [1.807, 2.05) is 25.1 Å². The fourth-order valence-corrected chi connectivity index (χ4v) is 2.10. The van der Waals surface area contributed by atoms with Crippen molar-refractivity contribution in [1.82, 2.24) is 16.2 Å². The van der Waals surface area contributed by atoms with Crippen molar-refractivity contribution in [1.29, 1.82) is 0 Å². The Morgan fingerprint density at radius 1 is 0.963 bits per heavy atom. The highest BCUT2D eigenvalue weighted by Gasteiger charge is 2.14. The Morgan fingerprint density at radius 2 is 1.70 bits per heavy atom. The lowest BCUT2D eigenvalue weighted by Crippen LogP contribution is -2.46. The van der Waals surface area contributed by atoms with Gasteiger partial charge < -0.3 is 10.2 Å². The summed E-state index contributed by atoms with van der Waals surface area (Å²) in [6, 6.07) is 9.20. The van der Waals surface area contributed by atoms with Gasteiger partial charge in [0.25, 0.3) is 17.7 Å². The molecule has 0 heterocycles. The molecule has 0 bridgehead atoms. The Morgan fingerprint density at radius 3 is 2.37 bits per heavy atom. The zero-order valence-corrected chi connectivity index (χ0v) is 14.7. The summed E-state index contributed by atoms with van der Waals surface area (Å²) in [5, 5.41) is 2.18. The monoisotopic (exact) mass is 376 g/mol. The number of rotatable bonds is 5. The fraction of sp³-hybridized carbons (Fsp3) is 0.167. The lowest BCUT2D eigenvalue weighted by atomic mass is 10.2. The van der Waals surface area contributed by atoms with Gasteiger partial charge in [0.2, 0.25) is 0 Å². The van der Waals surface area contributed by atoms with Gasteiger partial charge in [-0.3, -0.25) is 25.2 Å². The van der Waals surface area contributed by atoms with Crippen LogP contribution >= 0.6 is 0 Å². The van der Waals surface area contributed by atoms with Crippen molar-refractivity contribution in [2.75, 3.05) is 25.5 Å². The van der Waals surface area contributed by atoms with E-state index in [-0.39, 0.29) is 0 Å². The molecule has 0 aliphatic heterocycles. The predicted octanol–water partition coefficient (Wildman–Crippen LogP) is 1.22. The number of benzene rings is 2. The maximum atomic E-state index is 13.5. The Hall–Kier alpha value is -3.49. The molecule has 2 aromatic carbocycles. The average molecular weight is 376 g/mol. The van der Waals surface area contributed by atoms with E-state index in [9.17, 15) is 23.2 Å². The van der Waals surface area contributed by atoms with Crippen molar-refractivity contribution in [3.8, 4) is 0 Å². The van der Waals surface area contributed by atoms with E-state index in [2.05, 4.69) is 16.2 Å². The summed E-state index contributed by atoms with van der Waals surface area (Å²) in [4.78, 5) is 37.4. The topological polar surface area (TPSA) is 90.5 Å². The van der Waals surface area contributed by atoms with Crippen molar-refractivity contribution in [3.05, 3.63) is 65.2 Å². The molecule has 2 rings (SSSR count). The summed E-state index contributed by atoms with van der Waals surface area (Å²) in [5.41, 5.74) is 5.10. The highest BCUT2D eigenvalue weighted by Crippen LogP contribution is 2.13. The molecular formula is C18H18F2N4O3. The number of anilines is 1. The van der Waals surface area contributed by atoms with Crippen LogP contribution in [0.3, 0.4) is 0 Å². The van der Waals surface area contributed by atoms with Gasteiger partial charge in [-0.05, 0) is 30.3 Å². The Balaban J connectivity index is 1.84. The van der Waals surface area contributed by atoms with Crippen LogP contribution in [0.2, 0.25) is 0 Å². The quantitative estimate of drug-likeness (QED) is 0.685. The SMILES string of the molecule is CN(C)c1cccc(C(=O)NNC(=O)CNC(=O)c2ccc(F)cc2F)c1. The molecule has 9 heteroatoms. The van der Waals surface area contributed by atoms with Gasteiger partial charge >= 0.3 is 0 Å². The second-order valence-corrected chi connectivity index (χ2v) is 5.75. The minimum Gasteiger partial charge on any atom is -0.378 e. The largest absolute Gasteiger partial charge is 0.378 e. The molecule has 27 heavy (non-hydrogen) atoms. The molecule has 0 atom stereocenters. The van der Waals surface area contributed by atoms with Crippen LogP contribution in [0.5, 0.6) is 0 Å². The van der Waals surface area contributed by atoms with E-state index in [1.54, 1.807) is 18.2 Å². The maximum Gasteiger partial charge on any atom is 0.269 e. The van der Waals surface area contributed by atoms with Crippen molar-refractivity contribution < 1.29 is 23.2 Å². The molecule has 3 N–H and O–H groups in total. The molecule has 0 fully saturated rings. The lowest BCUT2D eigenvalue weighted by molar-refractivity contribution is -0.120. The number of hydrazine groups is 1. The second-order valence-electron chi connectivity index (χ2n) is 5.75. The minimum atomic E-state index is -1.04. The van der Waals surface area contributed by atoms with E-state index in [1.165, 1.54) is 0 Å². The molecule has 7 nitrogen and oxygen atoms in total. The van der Waals surface area contributed by atoms with E-state index >= 15 is 0 Å². The Kier molecular flexibility index (Phi) is 6.42. The third kappa shape index (κ3) is 5.50. The standard InChI is InChI=1S/C18H18F2N4O3/c1-24(2)13-5-3-4-11(8-13)17(26)23-22-16(25)10-21-18(27)14-7-6-12(19)9-15(14)20/h3-9H,10H2,1-2H3,(H,21,27)(H,22,25)(H,23,26). The first kappa shape index (κ1) is 19.8. The molecule has 0 aliphatic carbocycles. The molecule has 0 aromatic heterocycles. The summed E-state index contributed by atoms with van der Waals surface area (Å²) in [6.45, 7) is -0.506. The van der Waals surface area contributed by atoms with E-state index in [4.69, 9.17) is 0 Å². The normalized spacial score (nSPS) is 10.1. The Bertz CT molecular complexity index is 871. The van der Waals surface area contributed by atoms with Gasteiger partial charge in [-0.2, -0.15) is 0 Å². The van der Waals surface area contributed by atoms with Crippen LogP contribution < -0.4 is 21.1 Å². The number of amides is 3. The summed E-state index contributed by atoms with van der Waals surface area (Å²) in [5.74, 6) is -4.00. The molecule has 142 valence electrons. The number of hydrogen-bond donors (Lipinski definition) is 3. The number of hydrogen-bond acceptors (Lipinski definition) is 4. The molecule has 0 aliphatic rings. The maximum absolute atomic E-state index is 13.5. The molecule has 0 unspecified atom stereocenters. The summed E-state index contributed by atoms with van der Waals surface area (Å²) >= 11 is 0. The van der Waals surface area contributed by atoms with Gasteiger partial charge in [-0.1, -0.05) is 6.07 Å². The number of nitrogens with one attached hydrogen (secondary N) is 3. The molecule has 0 radical (unpaired) electrons. The van der Waals surface area contributed by atoms with Crippen molar-refractivity contribution in [3.63, 3.8) is 0 Å². The number of carbonyl (C=O) groups is 3. The third-order valence-corrected chi connectivity index (χ3v) is 3.53. The van der Waals surface area contributed by atoms with Gasteiger partial charge in [-0.15, -0.1) is 0 Å². The van der Waals surface area contributed by atoms with Gasteiger partial charge in [0.15, 0.2) is 0 Å². The Labute approximate surface area is 154 Å². The van der Waals surface area contributed by atoms with Crippen LogP contribution in [-0.4, -0.2) is 38.4 Å². The first-order valence-corrected chi connectivity index (χ1v) is 7.87. The van der Waals surface area contributed by atoms with Gasteiger partial charge in [-0.25, -0.2) is 8.78 Å². The number of halogens is 2. The fourth-order valence-electron chi connectivity index (χ4n) is 2.10. The summed E-state index contributed by atoms with van der Waals surface area (Å²) < 4.78 is 26.3. The summed E-state index contributed by atoms with van der Waals surface area (Å²) in [7, 11) is 3.65. The van der Waals surface area contributed by atoms with E-state index < -0.39 is 41.5 Å². The molecule has 0 saturated heterocycles. The van der Waals surface area contributed by atoms with Crippen molar-refractivity contribution >= 4 is 23.4 Å². The molecular weight excluding hydrogens is 358 g/mol.